The normalized spacial score (nSPS) is 11.4. The maximum atomic E-state index is 13.8. The number of hydrogen-bond acceptors (Lipinski definition) is 7. The number of aryl methyl sites for hydroxylation is 1. The van der Waals surface area contributed by atoms with Gasteiger partial charge in [-0.3, -0.25) is 14.9 Å². The molecule has 4 aromatic carbocycles. The Labute approximate surface area is 287 Å². The van der Waals surface area contributed by atoms with Gasteiger partial charge in [0.15, 0.2) is 5.82 Å². The summed E-state index contributed by atoms with van der Waals surface area (Å²) in [5.74, 6) is 2.17. The second-order valence-electron chi connectivity index (χ2n) is 10.6. The Balaban J connectivity index is 1.53. The van der Waals surface area contributed by atoms with Crippen molar-refractivity contribution in [2.45, 2.75) is 40.2 Å². The molecule has 0 N–H and O–H groups in total. The molecule has 5 aromatic rings. The van der Waals surface area contributed by atoms with Crippen LogP contribution in [0.25, 0.3) is 22.3 Å². The minimum Gasteiger partial charge on any atom is -0.494 e. The first-order valence-corrected chi connectivity index (χ1v) is 16.4. The fraction of sp³-hybridized carbons (Fsp3) is 0.206. The number of nitro benzene ring substituents is 1. The lowest BCUT2D eigenvalue weighted by molar-refractivity contribution is -0.384. The topological polar surface area (TPSA) is 109 Å². The average molecular weight is 828 g/mol. The van der Waals surface area contributed by atoms with Gasteiger partial charge in [0.05, 0.1) is 35.8 Å². The SMILES string of the molecule is CCOc1cc(C)c(-c2nc3ccccc3c(=O)n2N=Cc2cc(I)c(OCc3ccc([N+](=O)[O-])cc3)c(I)c2)cc1C(C)C. The fourth-order valence-corrected chi connectivity index (χ4v) is 6.99. The highest BCUT2D eigenvalue weighted by molar-refractivity contribution is 14.1. The van der Waals surface area contributed by atoms with Crippen LogP contribution in [-0.2, 0) is 6.61 Å². The number of nitrogens with zero attached hydrogens (tertiary/aromatic N) is 4. The Hall–Kier alpha value is -3.85. The van der Waals surface area contributed by atoms with E-state index in [1.807, 2.05) is 50.2 Å². The summed E-state index contributed by atoms with van der Waals surface area (Å²) in [6.07, 6.45) is 1.65. The zero-order valence-corrected chi connectivity index (χ0v) is 29.4. The Kier molecular flexibility index (Phi) is 10.2. The van der Waals surface area contributed by atoms with E-state index in [1.165, 1.54) is 16.8 Å². The van der Waals surface area contributed by atoms with Gasteiger partial charge in [-0.1, -0.05) is 26.0 Å². The zero-order valence-electron chi connectivity index (χ0n) is 25.1. The van der Waals surface area contributed by atoms with Crippen molar-refractivity contribution in [3.8, 4) is 22.9 Å². The second kappa shape index (κ2) is 14.1. The van der Waals surface area contributed by atoms with Crippen molar-refractivity contribution in [2.75, 3.05) is 6.61 Å². The summed E-state index contributed by atoms with van der Waals surface area (Å²) in [5, 5.41) is 16.1. The third-order valence-electron chi connectivity index (χ3n) is 7.15. The summed E-state index contributed by atoms with van der Waals surface area (Å²) in [6.45, 7) is 8.98. The van der Waals surface area contributed by atoms with E-state index >= 15 is 0 Å². The number of halogens is 2. The molecule has 0 atom stereocenters. The summed E-state index contributed by atoms with van der Waals surface area (Å²) in [6, 6.07) is 21.5. The van der Waals surface area contributed by atoms with E-state index in [0.717, 1.165) is 40.7 Å². The first-order valence-electron chi connectivity index (χ1n) is 14.3. The van der Waals surface area contributed by atoms with Crippen LogP contribution >= 0.6 is 45.2 Å². The molecule has 0 saturated carbocycles. The lowest BCUT2D eigenvalue weighted by Gasteiger charge is -2.18. The second-order valence-corrected chi connectivity index (χ2v) is 13.0. The summed E-state index contributed by atoms with van der Waals surface area (Å²) in [4.78, 5) is 29.3. The highest BCUT2D eigenvalue weighted by Crippen LogP contribution is 2.34. The van der Waals surface area contributed by atoms with Crippen LogP contribution in [0.5, 0.6) is 11.5 Å². The molecule has 0 amide bonds. The van der Waals surface area contributed by atoms with E-state index in [1.54, 1.807) is 24.4 Å². The van der Waals surface area contributed by atoms with Crippen molar-refractivity contribution in [1.82, 2.24) is 9.66 Å². The Bertz CT molecular complexity index is 1970. The molecule has 230 valence electrons. The molecule has 1 aromatic heterocycles. The first-order chi connectivity index (χ1) is 21.6. The molecule has 0 saturated heterocycles. The van der Waals surface area contributed by atoms with Gasteiger partial charge in [0.1, 0.15) is 18.1 Å². The van der Waals surface area contributed by atoms with Gasteiger partial charge in [-0.2, -0.15) is 9.78 Å². The molecule has 0 fully saturated rings. The van der Waals surface area contributed by atoms with Gasteiger partial charge >= 0.3 is 0 Å². The molecule has 5 rings (SSSR count). The summed E-state index contributed by atoms with van der Waals surface area (Å²) < 4.78 is 15.1. The number of nitro groups is 1. The third kappa shape index (κ3) is 7.19. The van der Waals surface area contributed by atoms with Crippen LogP contribution in [-0.4, -0.2) is 27.4 Å². The monoisotopic (exact) mass is 828 g/mol. The maximum Gasteiger partial charge on any atom is 0.282 e. The Morgan fingerprint density at radius 3 is 2.36 bits per heavy atom. The van der Waals surface area contributed by atoms with Crippen LogP contribution < -0.4 is 15.0 Å². The number of non-ortho nitro benzene ring substituents is 1. The van der Waals surface area contributed by atoms with Crippen molar-refractivity contribution in [3.05, 3.63) is 123 Å². The van der Waals surface area contributed by atoms with Crippen molar-refractivity contribution >= 4 is 68.0 Å². The van der Waals surface area contributed by atoms with Crippen molar-refractivity contribution in [1.29, 1.82) is 0 Å². The smallest absolute Gasteiger partial charge is 0.282 e. The van der Waals surface area contributed by atoms with Gasteiger partial charge < -0.3 is 9.47 Å². The highest BCUT2D eigenvalue weighted by atomic mass is 127. The van der Waals surface area contributed by atoms with Crippen LogP contribution in [0.4, 0.5) is 5.69 Å². The van der Waals surface area contributed by atoms with Gasteiger partial charge in [0.25, 0.3) is 11.2 Å². The number of hydrogen-bond donors (Lipinski definition) is 0. The first kappa shape index (κ1) is 32.5. The summed E-state index contributed by atoms with van der Waals surface area (Å²) in [5.41, 5.74) is 4.73. The molecular formula is C34H30I2N4O5. The van der Waals surface area contributed by atoms with Gasteiger partial charge in [-0.25, -0.2) is 4.98 Å². The number of ether oxygens (including phenoxy) is 2. The summed E-state index contributed by atoms with van der Waals surface area (Å²) in [7, 11) is 0. The molecule has 0 bridgehead atoms. The van der Waals surface area contributed by atoms with E-state index in [9.17, 15) is 14.9 Å². The predicted molar refractivity (Wildman–Crippen MR) is 194 cm³/mol. The van der Waals surface area contributed by atoms with Gasteiger partial charge in [-0.05, 0) is 136 Å². The molecule has 0 spiro atoms. The van der Waals surface area contributed by atoms with Gasteiger partial charge in [-0.15, -0.1) is 0 Å². The van der Waals surface area contributed by atoms with E-state index in [2.05, 4.69) is 70.2 Å². The maximum absolute atomic E-state index is 13.8. The molecule has 0 aliphatic rings. The average Bonchev–Trinajstić information content (AvgIpc) is 3.00. The molecule has 1 heterocycles. The molecule has 45 heavy (non-hydrogen) atoms. The quantitative estimate of drug-likeness (QED) is 0.0605. The number of rotatable bonds is 10. The highest BCUT2D eigenvalue weighted by Gasteiger charge is 2.19. The third-order valence-corrected chi connectivity index (χ3v) is 8.75. The summed E-state index contributed by atoms with van der Waals surface area (Å²) >= 11 is 4.41. The molecular weight excluding hydrogens is 798 g/mol. The molecule has 0 aliphatic heterocycles. The molecule has 9 nitrogen and oxygen atoms in total. The molecule has 0 radical (unpaired) electrons. The number of benzene rings is 4. The standard InChI is InChI=1S/C34H30I2N4O5/c1-5-44-31-14-21(4)27(17-26(31)20(2)3)33-38-30-9-7-6-8-25(30)34(41)39(33)37-18-23-15-28(35)32(29(36)16-23)45-19-22-10-12-24(13-11-22)40(42)43/h6-18,20H,5,19H2,1-4H3. The minimum atomic E-state index is -0.427. The zero-order chi connectivity index (χ0) is 32.2. The van der Waals surface area contributed by atoms with Crippen LogP contribution in [0.3, 0.4) is 0 Å². The number of para-hydroxylation sites is 1. The van der Waals surface area contributed by atoms with Crippen molar-refractivity contribution < 1.29 is 14.4 Å². The number of aromatic nitrogens is 2. The minimum absolute atomic E-state index is 0.0356. The van der Waals surface area contributed by atoms with Crippen LogP contribution in [0.1, 0.15) is 48.9 Å². The van der Waals surface area contributed by atoms with Crippen LogP contribution in [0, 0.1) is 24.2 Å². The van der Waals surface area contributed by atoms with E-state index in [0.29, 0.717) is 29.1 Å². The van der Waals surface area contributed by atoms with Gasteiger partial charge in [0.2, 0.25) is 0 Å². The molecule has 0 aliphatic carbocycles. The Morgan fingerprint density at radius 1 is 1.02 bits per heavy atom. The van der Waals surface area contributed by atoms with Crippen LogP contribution in [0.2, 0.25) is 0 Å². The Morgan fingerprint density at radius 2 is 1.71 bits per heavy atom. The van der Waals surface area contributed by atoms with Crippen LogP contribution in [0.15, 0.2) is 82.7 Å². The molecule has 0 unspecified atom stereocenters. The van der Waals surface area contributed by atoms with E-state index in [-0.39, 0.29) is 23.8 Å². The van der Waals surface area contributed by atoms with Crippen molar-refractivity contribution in [3.63, 3.8) is 0 Å². The lowest BCUT2D eigenvalue weighted by Crippen LogP contribution is -2.21. The lowest BCUT2D eigenvalue weighted by atomic mass is 9.96. The predicted octanol–water partition coefficient (Wildman–Crippen LogP) is 8.47. The fourth-order valence-electron chi connectivity index (χ4n) is 4.86. The molecule has 11 heteroatoms. The number of fused-ring (bicyclic) bond motifs is 1. The van der Waals surface area contributed by atoms with Gasteiger partial charge in [0, 0.05) is 17.7 Å². The van der Waals surface area contributed by atoms with Crippen molar-refractivity contribution in [2.24, 2.45) is 5.10 Å². The van der Waals surface area contributed by atoms with E-state index < -0.39 is 4.92 Å². The van der Waals surface area contributed by atoms with E-state index in [4.69, 9.17) is 14.5 Å². The largest absolute Gasteiger partial charge is 0.494 e.